The van der Waals surface area contributed by atoms with Crippen molar-refractivity contribution >= 4 is 38.2 Å². The molecule has 7 heteroatoms. The summed E-state index contributed by atoms with van der Waals surface area (Å²) >= 11 is 0. The lowest BCUT2D eigenvalue weighted by Crippen LogP contribution is -2.19. The van der Waals surface area contributed by atoms with E-state index >= 15 is 0 Å². The number of hydrogen-bond donors (Lipinski definition) is 2. The van der Waals surface area contributed by atoms with E-state index in [1.807, 2.05) is 12.1 Å². The van der Waals surface area contributed by atoms with Crippen molar-refractivity contribution in [3.8, 4) is 0 Å². The fourth-order valence-corrected chi connectivity index (χ4v) is 4.18. The predicted octanol–water partition coefficient (Wildman–Crippen LogP) is 2.92. The van der Waals surface area contributed by atoms with Gasteiger partial charge in [0.2, 0.25) is 5.91 Å². The van der Waals surface area contributed by atoms with E-state index in [-0.39, 0.29) is 10.8 Å². The number of para-hydroxylation sites is 1. The minimum absolute atomic E-state index is 0.0253. The third-order valence-electron chi connectivity index (χ3n) is 4.14. The van der Waals surface area contributed by atoms with Crippen LogP contribution in [0.1, 0.15) is 12.0 Å². The monoisotopic (exact) mass is 353 g/mol. The maximum absolute atomic E-state index is 12.8. The second-order valence-electron chi connectivity index (χ2n) is 5.86. The highest BCUT2D eigenvalue weighted by Gasteiger charge is 2.20. The second kappa shape index (κ2) is 5.86. The maximum Gasteiger partial charge on any atom is 0.264 e. The Morgan fingerprint density at radius 3 is 2.76 bits per heavy atom. The number of aryl methyl sites for hydroxylation is 1. The number of fused-ring (bicyclic) bond motifs is 2. The van der Waals surface area contributed by atoms with Crippen molar-refractivity contribution in [1.82, 2.24) is 4.98 Å². The number of carbonyl (C=O) groups excluding carboxylic acids is 1. The number of aromatic nitrogens is 1. The number of nitrogens with zero attached hydrogens (tertiary/aromatic N) is 1. The summed E-state index contributed by atoms with van der Waals surface area (Å²) in [5.74, 6) is -0.0253. The number of rotatable bonds is 3. The van der Waals surface area contributed by atoms with Crippen molar-refractivity contribution < 1.29 is 13.2 Å². The van der Waals surface area contributed by atoms with E-state index in [4.69, 9.17) is 0 Å². The van der Waals surface area contributed by atoms with Gasteiger partial charge < -0.3 is 5.32 Å². The van der Waals surface area contributed by atoms with Crippen LogP contribution in [-0.4, -0.2) is 19.3 Å². The van der Waals surface area contributed by atoms with Crippen LogP contribution in [0.3, 0.4) is 0 Å². The van der Waals surface area contributed by atoms with Gasteiger partial charge in [0.15, 0.2) is 0 Å². The number of pyridine rings is 1. The average Bonchev–Trinajstić information content (AvgIpc) is 2.61. The van der Waals surface area contributed by atoms with Crippen molar-refractivity contribution in [1.29, 1.82) is 0 Å². The normalized spacial score (nSPS) is 14.0. The van der Waals surface area contributed by atoms with Crippen LogP contribution in [0.15, 0.2) is 59.6 Å². The molecule has 2 heterocycles. The first-order valence-corrected chi connectivity index (χ1v) is 9.31. The number of anilines is 2. The van der Waals surface area contributed by atoms with E-state index in [9.17, 15) is 13.2 Å². The first-order chi connectivity index (χ1) is 12.0. The second-order valence-corrected chi connectivity index (χ2v) is 7.51. The van der Waals surface area contributed by atoms with Gasteiger partial charge in [-0.25, -0.2) is 8.42 Å². The van der Waals surface area contributed by atoms with Gasteiger partial charge in [0, 0.05) is 29.4 Å². The molecule has 0 fully saturated rings. The van der Waals surface area contributed by atoms with Crippen LogP contribution in [0.25, 0.3) is 10.9 Å². The predicted molar refractivity (Wildman–Crippen MR) is 95.9 cm³/mol. The third-order valence-corrected chi connectivity index (χ3v) is 5.55. The van der Waals surface area contributed by atoms with Crippen LogP contribution >= 0.6 is 0 Å². The number of nitrogens with one attached hydrogen (secondary N) is 2. The van der Waals surface area contributed by atoms with Crippen LogP contribution in [0, 0.1) is 0 Å². The Morgan fingerprint density at radius 2 is 1.88 bits per heavy atom. The highest BCUT2D eigenvalue weighted by Crippen LogP contribution is 2.28. The van der Waals surface area contributed by atoms with Gasteiger partial charge in [-0.1, -0.05) is 18.2 Å². The molecule has 0 bridgehead atoms. The summed E-state index contributed by atoms with van der Waals surface area (Å²) in [6.45, 7) is 0. The van der Waals surface area contributed by atoms with E-state index < -0.39 is 10.0 Å². The number of sulfonamides is 1. The molecule has 0 aliphatic carbocycles. The fraction of sp³-hybridized carbons (Fsp3) is 0.111. The number of amides is 1. The highest BCUT2D eigenvalue weighted by molar-refractivity contribution is 7.93. The van der Waals surface area contributed by atoms with Crippen molar-refractivity contribution in [2.75, 3.05) is 10.0 Å². The molecule has 4 rings (SSSR count). The summed E-state index contributed by atoms with van der Waals surface area (Å²) in [6.07, 6.45) is 2.56. The molecule has 25 heavy (non-hydrogen) atoms. The van der Waals surface area contributed by atoms with Crippen LogP contribution < -0.4 is 10.0 Å². The van der Waals surface area contributed by atoms with Crippen molar-refractivity contribution in [2.45, 2.75) is 17.7 Å². The lowest BCUT2D eigenvalue weighted by atomic mass is 10.0. The van der Waals surface area contributed by atoms with E-state index in [0.717, 1.165) is 16.6 Å². The topological polar surface area (TPSA) is 88.2 Å². The first-order valence-electron chi connectivity index (χ1n) is 7.82. The SMILES string of the molecule is O=C1CCc2cc(NS(=O)(=O)c3cccc4cccnc34)ccc2N1. The Hall–Kier alpha value is -2.93. The Kier molecular flexibility index (Phi) is 3.65. The Labute approximate surface area is 145 Å². The summed E-state index contributed by atoms with van der Waals surface area (Å²) in [5, 5.41) is 3.54. The van der Waals surface area contributed by atoms with Crippen molar-refractivity contribution in [3.05, 3.63) is 60.3 Å². The molecule has 0 atom stereocenters. The van der Waals surface area contributed by atoms with Gasteiger partial charge in [0.05, 0.1) is 5.52 Å². The van der Waals surface area contributed by atoms with Crippen LogP contribution in [-0.2, 0) is 21.2 Å². The van der Waals surface area contributed by atoms with E-state index in [1.165, 1.54) is 6.07 Å². The number of hydrogen-bond acceptors (Lipinski definition) is 4. The molecule has 3 aromatic rings. The molecular weight excluding hydrogens is 338 g/mol. The molecule has 2 N–H and O–H groups in total. The minimum Gasteiger partial charge on any atom is -0.326 e. The summed E-state index contributed by atoms with van der Waals surface area (Å²) in [5.41, 5.74) is 2.53. The minimum atomic E-state index is -3.78. The van der Waals surface area contributed by atoms with Crippen LogP contribution in [0.2, 0.25) is 0 Å². The molecule has 0 spiro atoms. The molecule has 0 unspecified atom stereocenters. The van der Waals surface area contributed by atoms with E-state index in [0.29, 0.717) is 24.0 Å². The van der Waals surface area contributed by atoms with Crippen LogP contribution in [0.5, 0.6) is 0 Å². The number of carbonyl (C=O) groups is 1. The molecule has 0 radical (unpaired) electrons. The van der Waals surface area contributed by atoms with E-state index in [1.54, 1.807) is 36.5 Å². The van der Waals surface area contributed by atoms with Crippen LogP contribution in [0.4, 0.5) is 11.4 Å². The van der Waals surface area contributed by atoms with Gasteiger partial charge in [0.25, 0.3) is 10.0 Å². The molecule has 0 saturated carbocycles. The van der Waals surface area contributed by atoms with Gasteiger partial charge >= 0.3 is 0 Å². The first kappa shape index (κ1) is 15.6. The molecule has 1 aliphatic heterocycles. The van der Waals surface area contributed by atoms with Gasteiger partial charge in [-0.3, -0.25) is 14.5 Å². The highest BCUT2D eigenvalue weighted by atomic mass is 32.2. The zero-order valence-electron chi connectivity index (χ0n) is 13.2. The summed E-state index contributed by atoms with van der Waals surface area (Å²) in [7, 11) is -3.78. The van der Waals surface area contributed by atoms with Gasteiger partial charge in [-0.2, -0.15) is 0 Å². The zero-order chi connectivity index (χ0) is 17.4. The Morgan fingerprint density at radius 1 is 1.04 bits per heavy atom. The molecule has 2 aromatic carbocycles. The summed E-state index contributed by atoms with van der Waals surface area (Å²) < 4.78 is 28.2. The molecule has 1 amide bonds. The van der Waals surface area contributed by atoms with Gasteiger partial charge in [0.1, 0.15) is 4.90 Å². The lowest BCUT2D eigenvalue weighted by Gasteiger charge is -2.18. The largest absolute Gasteiger partial charge is 0.326 e. The zero-order valence-corrected chi connectivity index (χ0v) is 14.0. The molecule has 1 aromatic heterocycles. The standard InChI is InChI=1S/C18H15N3O3S/c22-17-9-6-13-11-14(7-8-15(13)20-17)21-25(23,24)16-5-1-3-12-4-2-10-19-18(12)16/h1-5,7-8,10-11,21H,6,9H2,(H,20,22). The molecule has 0 saturated heterocycles. The molecular formula is C18H15N3O3S. The van der Waals surface area contributed by atoms with Gasteiger partial charge in [-0.05, 0) is 42.3 Å². The van der Waals surface area contributed by atoms with Crippen molar-refractivity contribution in [2.24, 2.45) is 0 Å². The Balaban J connectivity index is 1.71. The summed E-state index contributed by atoms with van der Waals surface area (Å²) in [6, 6.07) is 13.8. The molecule has 126 valence electrons. The lowest BCUT2D eigenvalue weighted by molar-refractivity contribution is -0.116. The molecule has 1 aliphatic rings. The quantitative estimate of drug-likeness (QED) is 0.758. The van der Waals surface area contributed by atoms with Crippen molar-refractivity contribution in [3.63, 3.8) is 0 Å². The molecule has 6 nitrogen and oxygen atoms in total. The van der Waals surface area contributed by atoms with E-state index in [2.05, 4.69) is 15.0 Å². The average molecular weight is 353 g/mol. The Bertz CT molecular complexity index is 1090. The van der Waals surface area contributed by atoms with Gasteiger partial charge in [-0.15, -0.1) is 0 Å². The third kappa shape index (κ3) is 2.94. The fourth-order valence-electron chi connectivity index (χ4n) is 2.95. The smallest absolute Gasteiger partial charge is 0.264 e. The summed E-state index contributed by atoms with van der Waals surface area (Å²) in [4.78, 5) is 15.8. The number of benzene rings is 2. The maximum atomic E-state index is 12.8.